The number of thiocarbonyl (C=S) groups is 1. The van der Waals surface area contributed by atoms with Gasteiger partial charge in [0.2, 0.25) is 5.91 Å². The summed E-state index contributed by atoms with van der Waals surface area (Å²) in [6.07, 6.45) is 0. The van der Waals surface area contributed by atoms with Crippen LogP contribution in [0.3, 0.4) is 0 Å². The first-order chi connectivity index (χ1) is 7.80. The molecule has 0 heterocycles. The summed E-state index contributed by atoms with van der Waals surface area (Å²) >= 11 is 8.47. The van der Waals surface area contributed by atoms with Crippen LogP contribution >= 0.6 is 28.1 Å². The van der Waals surface area contributed by atoms with Gasteiger partial charge in [-0.1, -0.05) is 32.9 Å². The lowest BCUT2D eigenvalue weighted by atomic mass is 9.96. The van der Waals surface area contributed by atoms with Gasteiger partial charge in [-0.05, 0) is 40.3 Å². The number of rotatable bonds is 1. The lowest BCUT2D eigenvalue weighted by molar-refractivity contribution is -0.126. The minimum atomic E-state index is -0.459. The molecule has 1 rings (SSSR count). The molecule has 1 amide bonds. The Bertz CT molecular complexity index is 440. The van der Waals surface area contributed by atoms with Crippen LogP contribution in [0.5, 0.6) is 0 Å². The molecule has 17 heavy (non-hydrogen) atoms. The standard InChI is InChI=1S/C12H15BrN2OS/c1-12(2,3)10(16)15-11(17)14-9-7-5-4-6-8(9)13/h4-7H,1-3H3,(H2,14,15,16,17). The molecule has 0 bridgehead atoms. The van der Waals surface area contributed by atoms with E-state index in [4.69, 9.17) is 12.2 Å². The zero-order valence-corrected chi connectivity index (χ0v) is 12.4. The van der Waals surface area contributed by atoms with Crippen LogP contribution in [0, 0.1) is 5.41 Å². The second kappa shape index (κ2) is 5.60. The average Bonchev–Trinajstić information content (AvgIpc) is 2.20. The quantitative estimate of drug-likeness (QED) is 0.781. The molecule has 3 nitrogen and oxygen atoms in total. The highest BCUT2D eigenvalue weighted by Gasteiger charge is 2.21. The van der Waals surface area contributed by atoms with E-state index in [9.17, 15) is 4.79 Å². The summed E-state index contributed by atoms with van der Waals surface area (Å²) in [6.45, 7) is 5.51. The van der Waals surface area contributed by atoms with E-state index < -0.39 is 5.41 Å². The fourth-order valence-electron chi connectivity index (χ4n) is 1.01. The number of carbonyl (C=O) groups is 1. The third-order valence-electron chi connectivity index (χ3n) is 2.03. The van der Waals surface area contributed by atoms with Crippen molar-refractivity contribution in [3.8, 4) is 0 Å². The highest BCUT2D eigenvalue weighted by Crippen LogP contribution is 2.21. The van der Waals surface area contributed by atoms with Crippen molar-refractivity contribution < 1.29 is 4.79 Å². The third kappa shape index (κ3) is 4.44. The van der Waals surface area contributed by atoms with Crippen molar-refractivity contribution in [3.63, 3.8) is 0 Å². The molecule has 2 N–H and O–H groups in total. The first-order valence-corrected chi connectivity index (χ1v) is 6.38. The maximum Gasteiger partial charge on any atom is 0.231 e. The number of anilines is 1. The second-order valence-corrected chi connectivity index (χ2v) is 5.90. The molecule has 0 atom stereocenters. The van der Waals surface area contributed by atoms with Gasteiger partial charge in [0.15, 0.2) is 5.11 Å². The number of carbonyl (C=O) groups excluding carboxylic acids is 1. The molecule has 0 aromatic heterocycles. The molecule has 5 heteroatoms. The van der Waals surface area contributed by atoms with Gasteiger partial charge in [0.25, 0.3) is 0 Å². The molecule has 0 spiro atoms. The van der Waals surface area contributed by atoms with Crippen LogP contribution in [-0.4, -0.2) is 11.0 Å². The van der Waals surface area contributed by atoms with Crippen LogP contribution in [-0.2, 0) is 4.79 Å². The molecule has 1 aromatic carbocycles. The lowest BCUT2D eigenvalue weighted by Crippen LogP contribution is -2.41. The molecule has 0 unspecified atom stereocenters. The maximum atomic E-state index is 11.7. The second-order valence-electron chi connectivity index (χ2n) is 4.64. The summed E-state index contributed by atoms with van der Waals surface area (Å²) in [7, 11) is 0. The fourth-order valence-corrected chi connectivity index (χ4v) is 1.59. The highest BCUT2D eigenvalue weighted by atomic mass is 79.9. The number of halogens is 1. The summed E-state index contributed by atoms with van der Waals surface area (Å²) in [5.74, 6) is -0.109. The van der Waals surface area contributed by atoms with Gasteiger partial charge in [-0.3, -0.25) is 4.79 Å². The molecule has 0 saturated carbocycles. The maximum absolute atomic E-state index is 11.7. The monoisotopic (exact) mass is 314 g/mol. The van der Waals surface area contributed by atoms with E-state index in [0.717, 1.165) is 10.2 Å². The predicted octanol–water partition coefficient (Wildman–Crippen LogP) is 3.31. The van der Waals surface area contributed by atoms with E-state index in [1.807, 2.05) is 45.0 Å². The molecular weight excluding hydrogens is 300 g/mol. The van der Waals surface area contributed by atoms with Gasteiger partial charge in [0.1, 0.15) is 0 Å². The number of para-hydroxylation sites is 1. The Morgan fingerprint density at radius 1 is 1.29 bits per heavy atom. The molecule has 1 aromatic rings. The Labute approximate surface area is 115 Å². The molecule has 0 fully saturated rings. The van der Waals surface area contributed by atoms with Gasteiger partial charge >= 0.3 is 0 Å². The van der Waals surface area contributed by atoms with Gasteiger partial charge in [0.05, 0.1) is 5.69 Å². The average molecular weight is 315 g/mol. The molecule has 92 valence electrons. The fraction of sp³-hybridized carbons (Fsp3) is 0.333. The summed E-state index contributed by atoms with van der Waals surface area (Å²) in [5, 5.41) is 5.92. The Balaban J connectivity index is 2.63. The number of hydrogen-bond donors (Lipinski definition) is 2. The molecule has 0 aliphatic rings. The van der Waals surface area contributed by atoms with Crippen molar-refractivity contribution in [2.45, 2.75) is 20.8 Å². The van der Waals surface area contributed by atoms with E-state index >= 15 is 0 Å². The molecule has 0 aliphatic carbocycles. The Morgan fingerprint density at radius 3 is 2.41 bits per heavy atom. The minimum Gasteiger partial charge on any atom is -0.331 e. The Hall–Kier alpha value is -0.940. The van der Waals surface area contributed by atoms with Crippen LogP contribution in [0.1, 0.15) is 20.8 Å². The number of hydrogen-bond acceptors (Lipinski definition) is 2. The first-order valence-electron chi connectivity index (χ1n) is 5.17. The van der Waals surface area contributed by atoms with Crippen molar-refractivity contribution in [2.75, 3.05) is 5.32 Å². The van der Waals surface area contributed by atoms with E-state index in [0.29, 0.717) is 5.11 Å². The van der Waals surface area contributed by atoms with Crippen molar-refractivity contribution >= 4 is 44.9 Å². The van der Waals surface area contributed by atoms with Crippen LogP contribution in [0.2, 0.25) is 0 Å². The van der Waals surface area contributed by atoms with Crippen LogP contribution in [0.25, 0.3) is 0 Å². The predicted molar refractivity (Wildman–Crippen MR) is 78.0 cm³/mol. The highest BCUT2D eigenvalue weighted by molar-refractivity contribution is 9.10. The molecule has 0 radical (unpaired) electrons. The van der Waals surface area contributed by atoms with Gasteiger partial charge in [-0.25, -0.2) is 0 Å². The largest absolute Gasteiger partial charge is 0.331 e. The number of benzene rings is 1. The molecule has 0 saturated heterocycles. The minimum absolute atomic E-state index is 0.109. The normalized spacial score (nSPS) is 10.8. The van der Waals surface area contributed by atoms with Crippen LogP contribution < -0.4 is 10.6 Å². The number of nitrogens with one attached hydrogen (secondary N) is 2. The SMILES string of the molecule is CC(C)(C)C(=O)NC(=S)Nc1ccccc1Br. The third-order valence-corrected chi connectivity index (χ3v) is 2.93. The summed E-state index contributed by atoms with van der Waals surface area (Å²) < 4.78 is 0.896. The Morgan fingerprint density at radius 2 is 1.88 bits per heavy atom. The van der Waals surface area contributed by atoms with Crippen LogP contribution in [0.15, 0.2) is 28.7 Å². The smallest absolute Gasteiger partial charge is 0.231 e. The van der Waals surface area contributed by atoms with E-state index in [2.05, 4.69) is 26.6 Å². The van der Waals surface area contributed by atoms with Gasteiger partial charge in [-0.2, -0.15) is 0 Å². The van der Waals surface area contributed by atoms with Crippen molar-refractivity contribution in [1.29, 1.82) is 0 Å². The van der Waals surface area contributed by atoms with Crippen molar-refractivity contribution in [1.82, 2.24) is 5.32 Å². The lowest BCUT2D eigenvalue weighted by Gasteiger charge is -2.18. The van der Waals surface area contributed by atoms with Crippen LogP contribution in [0.4, 0.5) is 5.69 Å². The van der Waals surface area contributed by atoms with Crippen molar-refractivity contribution in [3.05, 3.63) is 28.7 Å². The first kappa shape index (κ1) is 14.1. The summed E-state index contributed by atoms with van der Waals surface area (Å²) in [4.78, 5) is 11.7. The zero-order chi connectivity index (χ0) is 13.1. The summed E-state index contributed by atoms with van der Waals surface area (Å²) in [6, 6.07) is 7.57. The molecule has 0 aliphatic heterocycles. The summed E-state index contributed by atoms with van der Waals surface area (Å²) in [5.41, 5.74) is 0.367. The molecular formula is C12H15BrN2OS. The van der Waals surface area contributed by atoms with E-state index in [1.165, 1.54) is 0 Å². The van der Waals surface area contributed by atoms with Gasteiger partial charge in [0, 0.05) is 9.89 Å². The van der Waals surface area contributed by atoms with Gasteiger partial charge < -0.3 is 10.6 Å². The Kier molecular flexibility index (Phi) is 4.65. The zero-order valence-electron chi connectivity index (χ0n) is 10.0. The van der Waals surface area contributed by atoms with E-state index in [-0.39, 0.29) is 5.91 Å². The topological polar surface area (TPSA) is 41.1 Å². The van der Waals surface area contributed by atoms with Gasteiger partial charge in [-0.15, -0.1) is 0 Å². The number of amides is 1. The van der Waals surface area contributed by atoms with Crippen molar-refractivity contribution in [2.24, 2.45) is 5.41 Å². The van der Waals surface area contributed by atoms with E-state index in [1.54, 1.807) is 0 Å².